The first kappa shape index (κ1) is 20.6. The van der Waals surface area contributed by atoms with Crippen molar-refractivity contribution in [2.45, 2.75) is 96.5 Å². The van der Waals surface area contributed by atoms with Gasteiger partial charge in [0, 0.05) is 29.4 Å². The molecule has 31 heavy (non-hydrogen) atoms. The number of aliphatic hydroxyl groups is 1. The summed E-state index contributed by atoms with van der Waals surface area (Å²) < 4.78 is 6.95. The van der Waals surface area contributed by atoms with Crippen LogP contribution in [0.3, 0.4) is 0 Å². The van der Waals surface area contributed by atoms with Gasteiger partial charge in [0.25, 0.3) is 0 Å². The molecular weight excluding hydrogens is 386 g/mol. The molecule has 2 N–H and O–H groups in total. The number of fused-ring (bicyclic) bond motifs is 5. The molecule has 4 aliphatic carbocycles. The van der Waals surface area contributed by atoms with Gasteiger partial charge in [0.2, 0.25) is 0 Å². The number of hydrogen-bond donors (Lipinski definition) is 2. The van der Waals surface area contributed by atoms with E-state index in [1.165, 1.54) is 11.1 Å². The molecule has 0 aromatic rings. The van der Waals surface area contributed by atoms with Gasteiger partial charge in [-0.2, -0.15) is 0 Å². The Morgan fingerprint density at radius 1 is 1.23 bits per heavy atom. The average molecular weight is 426 g/mol. The van der Waals surface area contributed by atoms with Crippen molar-refractivity contribution in [3.8, 4) is 0 Å². The first-order valence-corrected chi connectivity index (χ1v) is 12.8. The largest absolute Gasteiger partial charge is 0.393 e. The minimum absolute atomic E-state index is 0.0728. The summed E-state index contributed by atoms with van der Waals surface area (Å²) in [5.74, 6) is 2.14. The third-order valence-electron chi connectivity index (χ3n) is 10.6. The summed E-state index contributed by atoms with van der Waals surface area (Å²) in [6.07, 6.45) is 9.14. The standard InChI is InChI=1S/C27H39NO3/c1-14-11-21-24(28-13-14)16(3)27(31-21)10-8-19-20-6-5-17-12-18(29)7-9-26(17,4)23(20)25(30)22(19)15(27)2/h5,14-16,18,20-21,23-24,28-29H,6-13H2,1-4H3. The summed E-state index contributed by atoms with van der Waals surface area (Å²) >= 11 is 0. The molecule has 2 saturated heterocycles. The van der Waals surface area contributed by atoms with E-state index >= 15 is 0 Å². The number of allylic oxidation sites excluding steroid dienone is 2. The number of carbonyl (C=O) groups excluding carboxylic acids is 1. The molecule has 0 aromatic carbocycles. The summed E-state index contributed by atoms with van der Waals surface area (Å²) in [5, 5.41) is 14.0. The SMILES string of the molecule is CC1CNC2C(C1)OC1(CCC3=C(C(=O)C4C3CC=C3CC(O)CCC34C)C1C)C2C. The van der Waals surface area contributed by atoms with Crippen LogP contribution in [0.4, 0.5) is 0 Å². The summed E-state index contributed by atoms with van der Waals surface area (Å²) in [6, 6.07) is 0.421. The van der Waals surface area contributed by atoms with Gasteiger partial charge in [0.1, 0.15) is 0 Å². The number of Topliss-reactive ketones (excluding diaryl/α,β-unsaturated/α-hetero) is 1. The minimum Gasteiger partial charge on any atom is -0.393 e. The van der Waals surface area contributed by atoms with Gasteiger partial charge >= 0.3 is 0 Å². The molecule has 0 bridgehead atoms. The van der Waals surface area contributed by atoms with Crippen LogP contribution >= 0.6 is 0 Å². The van der Waals surface area contributed by atoms with Gasteiger partial charge in [-0.3, -0.25) is 4.79 Å². The molecule has 0 amide bonds. The summed E-state index contributed by atoms with van der Waals surface area (Å²) in [4.78, 5) is 14.1. The molecule has 170 valence electrons. The number of carbonyl (C=O) groups is 1. The van der Waals surface area contributed by atoms with Crippen molar-refractivity contribution in [1.29, 1.82) is 0 Å². The fraction of sp³-hybridized carbons (Fsp3) is 0.815. The number of rotatable bonds is 0. The summed E-state index contributed by atoms with van der Waals surface area (Å²) in [7, 11) is 0. The quantitative estimate of drug-likeness (QED) is 0.572. The monoisotopic (exact) mass is 425 g/mol. The molecule has 6 aliphatic rings. The number of ether oxygens (including phenoxy) is 1. The highest BCUT2D eigenvalue weighted by Gasteiger charge is 2.63. The molecular formula is C27H39NO3. The topological polar surface area (TPSA) is 58.6 Å². The van der Waals surface area contributed by atoms with Gasteiger partial charge in [-0.05, 0) is 68.7 Å². The van der Waals surface area contributed by atoms with Crippen molar-refractivity contribution in [3.05, 3.63) is 22.8 Å². The zero-order valence-corrected chi connectivity index (χ0v) is 19.6. The molecule has 4 heteroatoms. The van der Waals surface area contributed by atoms with Crippen LogP contribution in [0.25, 0.3) is 0 Å². The van der Waals surface area contributed by atoms with Crippen molar-refractivity contribution in [3.63, 3.8) is 0 Å². The molecule has 4 nitrogen and oxygen atoms in total. The Labute approximate surface area is 186 Å². The predicted molar refractivity (Wildman–Crippen MR) is 120 cm³/mol. The second-order valence-electron chi connectivity index (χ2n) is 12.1. The Balaban J connectivity index is 1.34. The zero-order chi connectivity index (χ0) is 21.7. The molecule has 10 unspecified atom stereocenters. The fourth-order valence-electron chi connectivity index (χ4n) is 8.87. The number of ketones is 1. The van der Waals surface area contributed by atoms with E-state index in [9.17, 15) is 9.90 Å². The number of hydrogen-bond acceptors (Lipinski definition) is 4. The fourth-order valence-corrected chi connectivity index (χ4v) is 8.87. The maximum Gasteiger partial charge on any atom is 0.163 e. The van der Waals surface area contributed by atoms with Gasteiger partial charge in [-0.25, -0.2) is 0 Å². The lowest BCUT2D eigenvalue weighted by Gasteiger charge is -2.47. The molecule has 1 saturated carbocycles. The Morgan fingerprint density at radius 3 is 2.84 bits per heavy atom. The molecule has 3 fully saturated rings. The Hall–Kier alpha value is -0.970. The average Bonchev–Trinajstić information content (AvgIpc) is 3.18. The number of piperidine rings is 1. The van der Waals surface area contributed by atoms with Crippen LogP contribution in [-0.4, -0.2) is 41.3 Å². The van der Waals surface area contributed by atoms with Crippen LogP contribution < -0.4 is 5.32 Å². The summed E-state index contributed by atoms with van der Waals surface area (Å²) in [5.41, 5.74) is 3.67. The van der Waals surface area contributed by atoms with Crippen LogP contribution in [0.15, 0.2) is 22.8 Å². The van der Waals surface area contributed by atoms with E-state index in [1.807, 2.05) is 0 Å². The Morgan fingerprint density at radius 2 is 2.03 bits per heavy atom. The maximum absolute atomic E-state index is 14.1. The maximum atomic E-state index is 14.1. The molecule has 1 spiro atoms. The van der Waals surface area contributed by atoms with E-state index in [2.05, 4.69) is 39.1 Å². The lowest BCUT2D eigenvalue weighted by molar-refractivity contribution is -0.127. The van der Waals surface area contributed by atoms with Gasteiger partial charge in [-0.15, -0.1) is 0 Å². The van der Waals surface area contributed by atoms with Crippen LogP contribution in [0, 0.1) is 35.0 Å². The Bertz CT molecular complexity index is 876. The van der Waals surface area contributed by atoms with Crippen molar-refractivity contribution in [1.82, 2.24) is 5.32 Å². The summed E-state index contributed by atoms with van der Waals surface area (Å²) in [6.45, 7) is 10.4. The Kier molecular flexibility index (Phi) is 4.51. The second kappa shape index (κ2) is 6.77. The molecule has 0 radical (unpaired) electrons. The van der Waals surface area contributed by atoms with Crippen molar-refractivity contribution < 1.29 is 14.6 Å². The van der Waals surface area contributed by atoms with Crippen molar-refractivity contribution in [2.75, 3.05) is 6.54 Å². The van der Waals surface area contributed by atoms with Crippen LogP contribution in [0.1, 0.15) is 72.6 Å². The van der Waals surface area contributed by atoms with E-state index in [1.54, 1.807) is 0 Å². The predicted octanol–water partition coefficient (Wildman–Crippen LogP) is 4.18. The van der Waals surface area contributed by atoms with Gasteiger partial charge in [-0.1, -0.05) is 44.9 Å². The van der Waals surface area contributed by atoms with E-state index < -0.39 is 0 Å². The first-order chi connectivity index (χ1) is 14.8. The smallest absolute Gasteiger partial charge is 0.163 e. The zero-order valence-electron chi connectivity index (χ0n) is 19.6. The molecule has 0 aromatic heterocycles. The lowest BCUT2D eigenvalue weighted by atomic mass is 9.56. The van der Waals surface area contributed by atoms with E-state index in [0.717, 1.165) is 57.1 Å². The van der Waals surface area contributed by atoms with E-state index in [-0.39, 0.29) is 35.1 Å². The van der Waals surface area contributed by atoms with Crippen molar-refractivity contribution in [2.24, 2.45) is 35.0 Å². The van der Waals surface area contributed by atoms with E-state index in [0.29, 0.717) is 29.6 Å². The highest BCUT2D eigenvalue weighted by molar-refractivity contribution is 6.03. The van der Waals surface area contributed by atoms with Crippen LogP contribution in [0.2, 0.25) is 0 Å². The number of aliphatic hydroxyl groups excluding tert-OH is 1. The first-order valence-electron chi connectivity index (χ1n) is 12.8. The van der Waals surface area contributed by atoms with E-state index in [4.69, 9.17) is 4.74 Å². The normalized spacial score (nSPS) is 53.7. The third-order valence-corrected chi connectivity index (χ3v) is 10.6. The molecule has 6 rings (SSSR count). The van der Waals surface area contributed by atoms with Gasteiger partial charge < -0.3 is 15.2 Å². The van der Waals surface area contributed by atoms with Crippen molar-refractivity contribution >= 4 is 5.78 Å². The highest BCUT2D eigenvalue weighted by Crippen LogP contribution is 2.63. The minimum atomic E-state index is -0.233. The molecule has 10 atom stereocenters. The third kappa shape index (κ3) is 2.62. The van der Waals surface area contributed by atoms with Crippen LogP contribution in [-0.2, 0) is 9.53 Å². The number of nitrogens with one attached hydrogen (secondary N) is 1. The molecule has 2 aliphatic heterocycles. The van der Waals surface area contributed by atoms with Crippen LogP contribution in [0.5, 0.6) is 0 Å². The molecule has 2 heterocycles. The lowest BCUT2D eigenvalue weighted by Crippen LogP contribution is -2.50. The highest BCUT2D eigenvalue weighted by atomic mass is 16.5. The second-order valence-corrected chi connectivity index (χ2v) is 12.1. The van der Waals surface area contributed by atoms with Gasteiger partial charge in [0.15, 0.2) is 5.78 Å². The van der Waals surface area contributed by atoms with Gasteiger partial charge in [0.05, 0.1) is 17.8 Å².